The Kier molecular flexibility index (Phi) is 6.65. The second-order valence-corrected chi connectivity index (χ2v) is 6.90. The van der Waals surface area contributed by atoms with Crippen LogP contribution in [0.15, 0.2) is 60.9 Å². The molecule has 0 aliphatic rings. The summed E-state index contributed by atoms with van der Waals surface area (Å²) in [6.07, 6.45) is -3.31. The third-order valence-electron chi connectivity index (χ3n) is 4.63. The average molecular weight is 433 g/mol. The van der Waals surface area contributed by atoms with Crippen molar-refractivity contribution in [2.45, 2.75) is 25.6 Å². The summed E-state index contributed by atoms with van der Waals surface area (Å²) in [5.74, 6) is -1.17. The van der Waals surface area contributed by atoms with E-state index in [1.807, 2.05) is 0 Å². The summed E-state index contributed by atoms with van der Waals surface area (Å²) >= 11 is 0. The SMILES string of the molecule is Cc1ccc(N(CCc2ccc(C(F)(F)F)nc2)C(=O)C(O)c2ccc(F)cc2)cn1. The molecule has 3 aromatic rings. The van der Waals surface area contributed by atoms with Crippen molar-refractivity contribution in [3.05, 3.63) is 89.3 Å². The van der Waals surface area contributed by atoms with Crippen LogP contribution in [0, 0.1) is 12.7 Å². The molecule has 1 atom stereocenters. The number of alkyl halides is 3. The maximum absolute atomic E-state index is 13.2. The summed E-state index contributed by atoms with van der Waals surface area (Å²) in [6, 6.07) is 10.4. The van der Waals surface area contributed by atoms with E-state index >= 15 is 0 Å². The number of anilines is 1. The van der Waals surface area contributed by atoms with Gasteiger partial charge in [-0.15, -0.1) is 0 Å². The van der Waals surface area contributed by atoms with Crippen LogP contribution in [0.4, 0.5) is 23.2 Å². The maximum Gasteiger partial charge on any atom is 0.433 e. The van der Waals surface area contributed by atoms with Gasteiger partial charge in [0.25, 0.3) is 5.91 Å². The monoisotopic (exact) mass is 433 g/mol. The number of hydrogen-bond donors (Lipinski definition) is 1. The zero-order valence-electron chi connectivity index (χ0n) is 16.5. The lowest BCUT2D eigenvalue weighted by molar-refractivity contribution is -0.141. The number of carbonyl (C=O) groups excluding carboxylic acids is 1. The molecule has 0 saturated carbocycles. The smallest absolute Gasteiger partial charge is 0.378 e. The Bertz CT molecular complexity index is 1020. The van der Waals surface area contributed by atoms with E-state index in [2.05, 4.69) is 9.97 Å². The Labute approximate surface area is 176 Å². The van der Waals surface area contributed by atoms with Crippen LogP contribution in [0.5, 0.6) is 0 Å². The predicted octanol–water partition coefficient (Wildman–Crippen LogP) is 4.25. The molecule has 1 aromatic carbocycles. The average Bonchev–Trinajstić information content (AvgIpc) is 2.74. The standard InChI is InChI=1S/C22H19F4N3O2/c1-14-2-8-18(13-27-14)29(21(31)20(30)16-4-6-17(23)7-5-16)11-10-15-3-9-19(28-12-15)22(24,25)26/h2-9,12-13,20,30H,10-11H2,1H3. The van der Waals surface area contributed by atoms with Crippen molar-refractivity contribution in [1.82, 2.24) is 9.97 Å². The fourth-order valence-corrected chi connectivity index (χ4v) is 2.90. The van der Waals surface area contributed by atoms with Crippen molar-refractivity contribution in [2.75, 3.05) is 11.4 Å². The molecule has 0 aliphatic carbocycles. The van der Waals surface area contributed by atoms with Gasteiger partial charge in [-0.3, -0.25) is 14.8 Å². The second-order valence-electron chi connectivity index (χ2n) is 6.90. The predicted molar refractivity (Wildman–Crippen MR) is 106 cm³/mol. The van der Waals surface area contributed by atoms with Gasteiger partial charge in [-0.25, -0.2) is 4.39 Å². The van der Waals surface area contributed by atoms with Crippen molar-refractivity contribution < 1.29 is 27.5 Å². The van der Waals surface area contributed by atoms with Crippen LogP contribution in [0.25, 0.3) is 0 Å². The third-order valence-corrected chi connectivity index (χ3v) is 4.63. The number of benzene rings is 1. The number of nitrogens with zero attached hydrogens (tertiary/aromatic N) is 3. The molecule has 5 nitrogen and oxygen atoms in total. The van der Waals surface area contributed by atoms with Crippen molar-refractivity contribution in [3.63, 3.8) is 0 Å². The van der Waals surface area contributed by atoms with Crippen LogP contribution in [0.3, 0.4) is 0 Å². The highest BCUT2D eigenvalue weighted by Gasteiger charge is 2.32. The van der Waals surface area contributed by atoms with Gasteiger partial charge < -0.3 is 10.0 Å². The van der Waals surface area contributed by atoms with Crippen molar-refractivity contribution >= 4 is 11.6 Å². The van der Waals surface area contributed by atoms with Gasteiger partial charge in [0.05, 0.1) is 11.9 Å². The van der Waals surface area contributed by atoms with Gasteiger partial charge in [0, 0.05) is 18.4 Å². The lowest BCUT2D eigenvalue weighted by Crippen LogP contribution is -2.37. The zero-order valence-corrected chi connectivity index (χ0v) is 16.5. The number of hydrogen-bond acceptors (Lipinski definition) is 4. The van der Waals surface area contributed by atoms with E-state index in [1.165, 1.54) is 29.3 Å². The molecular formula is C22H19F4N3O2. The Hall–Kier alpha value is -3.33. The Morgan fingerprint density at radius 1 is 1.03 bits per heavy atom. The molecule has 1 N–H and O–H groups in total. The number of rotatable bonds is 6. The van der Waals surface area contributed by atoms with Gasteiger partial charge in [-0.05, 0) is 54.8 Å². The highest BCUT2D eigenvalue weighted by Crippen LogP contribution is 2.27. The molecule has 0 spiro atoms. The van der Waals surface area contributed by atoms with E-state index < -0.39 is 29.7 Å². The van der Waals surface area contributed by atoms with Crippen molar-refractivity contribution in [3.8, 4) is 0 Å². The van der Waals surface area contributed by atoms with Gasteiger partial charge in [-0.1, -0.05) is 18.2 Å². The van der Waals surface area contributed by atoms with Crippen LogP contribution in [-0.4, -0.2) is 27.5 Å². The molecule has 1 unspecified atom stereocenters. The molecule has 3 rings (SSSR count). The summed E-state index contributed by atoms with van der Waals surface area (Å²) in [5.41, 5.74) is 0.840. The van der Waals surface area contributed by atoms with Gasteiger partial charge in [0.15, 0.2) is 6.10 Å². The van der Waals surface area contributed by atoms with Gasteiger partial charge in [-0.2, -0.15) is 13.2 Å². The number of halogens is 4. The number of amides is 1. The number of aliphatic hydroxyl groups excluding tert-OH is 1. The molecule has 0 fully saturated rings. The lowest BCUT2D eigenvalue weighted by Gasteiger charge is -2.25. The fourth-order valence-electron chi connectivity index (χ4n) is 2.90. The van der Waals surface area contributed by atoms with E-state index in [0.717, 1.165) is 30.1 Å². The van der Waals surface area contributed by atoms with Crippen LogP contribution in [-0.2, 0) is 17.4 Å². The molecule has 0 saturated heterocycles. The van der Waals surface area contributed by atoms with E-state index in [1.54, 1.807) is 19.1 Å². The Morgan fingerprint density at radius 3 is 2.29 bits per heavy atom. The topological polar surface area (TPSA) is 66.3 Å². The molecule has 0 radical (unpaired) electrons. The molecule has 0 aliphatic heterocycles. The number of aliphatic hydroxyl groups is 1. The van der Waals surface area contributed by atoms with Crippen LogP contribution < -0.4 is 4.90 Å². The zero-order chi connectivity index (χ0) is 22.6. The number of aromatic nitrogens is 2. The van der Waals surface area contributed by atoms with E-state index in [0.29, 0.717) is 11.3 Å². The van der Waals surface area contributed by atoms with E-state index in [4.69, 9.17) is 0 Å². The third kappa shape index (κ3) is 5.64. The van der Waals surface area contributed by atoms with Gasteiger partial charge >= 0.3 is 6.18 Å². The van der Waals surface area contributed by atoms with Gasteiger partial charge in [0.2, 0.25) is 0 Å². The summed E-state index contributed by atoms with van der Waals surface area (Å²) in [5, 5.41) is 10.5. The van der Waals surface area contributed by atoms with Crippen LogP contribution in [0.2, 0.25) is 0 Å². The minimum Gasteiger partial charge on any atom is -0.378 e. The normalized spacial score (nSPS) is 12.5. The molecule has 2 heterocycles. The number of aryl methyl sites for hydroxylation is 1. The summed E-state index contributed by atoms with van der Waals surface area (Å²) in [4.78, 5) is 21.9. The summed E-state index contributed by atoms with van der Waals surface area (Å²) in [6.45, 7) is 1.84. The molecular weight excluding hydrogens is 414 g/mol. The lowest BCUT2D eigenvalue weighted by atomic mass is 10.1. The molecule has 0 bridgehead atoms. The Morgan fingerprint density at radius 2 is 1.74 bits per heavy atom. The second kappa shape index (κ2) is 9.22. The minimum atomic E-state index is -4.53. The maximum atomic E-state index is 13.2. The number of pyridine rings is 2. The first-order chi connectivity index (χ1) is 14.6. The minimum absolute atomic E-state index is 0.0644. The van der Waals surface area contributed by atoms with Crippen molar-refractivity contribution in [1.29, 1.82) is 0 Å². The molecule has 1 amide bonds. The first-order valence-electron chi connectivity index (χ1n) is 9.35. The molecule has 162 valence electrons. The van der Waals surface area contributed by atoms with E-state index in [-0.39, 0.29) is 18.5 Å². The highest BCUT2D eigenvalue weighted by molar-refractivity contribution is 5.96. The van der Waals surface area contributed by atoms with E-state index in [9.17, 15) is 27.5 Å². The highest BCUT2D eigenvalue weighted by atomic mass is 19.4. The fraction of sp³-hybridized carbons (Fsp3) is 0.227. The molecule has 31 heavy (non-hydrogen) atoms. The summed E-state index contributed by atoms with van der Waals surface area (Å²) in [7, 11) is 0. The largest absolute Gasteiger partial charge is 0.433 e. The summed E-state index contributed by atoms with van der Waals surface area (Å²) < 4.78 is 51.2. The first kappa shape index (κ1) is 22.4. The van der Waals surface area contributed by atoms with Gasteiger partial charge in [0.1, 0.15) is 11.5 Å². The first-order valence-corrected chi connectivity index (χ1v) is 9.35. The molecule has 9 heteroatoms. The Balaban J connectivity index is 1.82. The van der Waals surface area contributed by atoms with Crippen LogP contribution >= 0.6 is 0 Å². The quantitative estimate of drug-likeness (QED) is 0.591. The number of carbonyl (C=O) groups is 1. The van der Waals surface area contributed by atoms with Crippen molar-refractivity contribution in [2.24, 2.45) is 0 Å². The molecule has 2 aromatic heterocycles. The van der Waals surface area contributed by atoms with Crippen LogP contribution in [0.1, 0.15) is 28.6 Å².